The van der Waals surface area contributed by atoms with Crippen LogP contribution in [0.3, 0.4) is 0 Å². The van der Waals surface area contributed by atoms with Gasteiger partial charge < -0.3 is 24.5 Å². The standard InChI is InChI=1S/C36H37N3O5/c40-22-8-2-7-20-39-32-35(43)38(28-17-16-26-13-5-6-14-27(26)23-28)21-10-18-36(32)31(34(39)42)30-29(44-36)15-9-19-37(33(30)41)24-25-11-3-1-4-12-25/h1,3-6,9-18,23,29-32,40H,2,7-8,19-22,24H2/t29-,30+,31-,32?,36-/m0/s1. The average molecular weight is 592 g/mol. The normalized spacial score (nSPS) is 27.8. The number of anilines is 1. The number of hydrogen-bond acceptors (Lipinski definition) is 5. The first-order valence-corrected chi connectivity index (χ1v) is 15.6. The van der Waals surface area contributed by atoms with Crippen molar-refractivity contribution in [3.05, 3.63) is 103 Å². The van der Waals surface area contributed by atoms with E-state index >= 15 is 0 Å². The molecule has 0 saturated carbocycles. The number of benzene rings is 3. The van der Waals surface area contributed by atoms with Crippen LogP contribution in [0.25, 0.3) is 10.8 Å². The third kappa shape index (κ3) is 4.73. The van der Waals surface area contributed by atoms with Crippen LogP contribution in [-0.2, 0) is 25.7 Å². The van der Waals surface area contributed by atoms with Crippen molar-refractivity contribution in [2.45, 2.75) is 43.6 Å². The monoisotopic (exact) mass is 591 g/mol. The lowest BCUT2D eigenvalue weighted by Gasteiger charge is -2.35. The molecule has 226 valence electrons. The fourth-order valence-corrected chi connectivity index (χ4v) is 7.52. The van der Waals surface area contributed by atoms with Gasteiger partial charge in [0.25, 0.3) is 5.91 Å². The van der Waals surface area contributed by atoms with E-state index < -0.39 is 29.6 Å². The van der Waals surface area contributed by atoms with Gasteiger partial charge in [0.2, 0.25) is 11.8 Å². The van der Waals surface area contributed by atoms with Gasteiger partial charge in [-0.2, -0.15) is 0 Å². The van der Waals surface area contributed by atoms with Crippen LogP contribution < -0.4 is 4.90 Å². The first-order valence-electron chi connectivity index (χ1n) is 15.6. The van der Waals surface area contributed by atoms with E-state index in [2.05, 4.69) is 0 Å². The van der Waals surface area contributed by atoms with Crippen LogP contribution >= 0.6 is 0 Å². The molecule has 2 saturated heterocycles. The summed E-state index contributed by atoms with van der Waals surface area (Å²) in [7, 11) is 0. The second-order valence-electron chi connectivity index (χ2n) is 12.2. The van der Waals surface area contributed by atoms with E-state index in [1.807, 2.05) is 97.1 Å². The van der Waals surface area contributed by atoms with Crippen LogP contribution in [-0.4, -0.2) is 76.6 Å². The highest BCUT2D eigenvalue weighted by molar-refractivity contribution is 6.06. The first-order chi connectivity index (χ1) is 21.5. The maximum Gasteiger partial charge on any atom is 0.253 e. The number of unbranched alkanes of at least 4 members (excludes halogenated alkanes) is 2. The summed E-state index contributed by atoms with van der Waals surface area (Å²) >= 11 is 0. The van der Waals surface area contributed by atoms with Gasteiger partial charge in [-0.05, 0) is 47.7 Å². The molecule has 44 heavy (non-hydrogen) atoms. The lowest BCUT2D eigenvalue weighted by atomic mass is 9.77. The van der Waals surface area contributed by atoms with Gasteiger partial charge in [0.1, 0.15) is 11.6 Å². The van der Waals surface area contributed by atoms with Gasteiger partial charge in [-0.25, -0.2) is 0 Å². The Labute approximate surface area is 257 Å². The predicted molar refractivity (Wildman–Crippen MR) is 167 cm³/mol. The molecule has 0 aliphatic carbocycles. The molecule has 4 aliphatic rings. The highest BCUT2D eigenvalue weighted by Gasteiger charge is 2.71. The topological polar surface area (TPSA) is 90.4 Å². The fraction of sp³-hybridized carbons (Fsp3) is 0.361. The summed E-state index contributed by atoms with van der Waals surface area (Å²) in [5.74, 6) is -2.11. The largest absolute Gasteiger partial charge is 0.396 e. The Morgan fingerprint density at radius 3 is 2.43 bits per heavy atom. The van der Waals surface area contributed by atoms with Crippen LogP contribution in [0, 0.1) is 11.8 Å². The van der Waals surface area contributed by atoms with Crippen LogP contribution in [0.2, 0.25) is 0 Å². The zero-order valence-corrected chi connectivity index (χ0v) is 24.6. The summed E-state index contributed by atoms with van der Waals surface area (Å²) in [5, 5.41) is 11.4. The number of fused-ring (bicyclic) bond motifs is 3. The maximum absolute atomic E-state index is 14.7. The van der Waals surface area contributed by atoms with E-state index in [1.54, 1.807) is 14.7 Å². The average Bonchev–Trinajstić information content (AvgIpc) is 3.36. The first kappa shape index (κ1) is 28.5. The molecule has 4 aliphatic heterocycles. The minimum Gasteiger partial charge on any atom is -0.396 e. The van der Waals surface area contributed by atoms with Crippen molar-refractivity contribution in [1.29, 1.82) is 0 Å². The van der Waals surface area contributed by atoms with Gasteiger partial charge in [0.05, 0.1) is 17.9 Å². The molecule has 3 aromatic carbocycles. The van der Waals surface area contributed by atoms with Crippen molar-refractivity contribution in [2.24, 2.45) is 11.8 Å². The van der Waals surface area contributed by atoms with Crippen molar-refractivity contribution < 1.29 is 24.2 Å². The Kier molecular flexibility index (Phi) is 7.56. The fourth-order valence-electron chi connectivity index (χ4n) is 7.52. The van der Waals surface area contributed by atoms with Crippen molar-refractivity contribution >= 4 is 34.2 Å². The van der Waals surface area contributed by atoms with Gasteiger partial charge in [0, 0.05) is 38.5 Å². The molecule has 2 fully saturated rings. The lowest BCUT2D eigenvalue weighted by Crippen LogP contribution is -2.55. The van der Waals surface area contributed by atoms with Gasteiger partial charge >= 0.3 is 0 Å². The molecule has 8 nitrogen and oxygen atoms in total. The number of ether oxygens (including phenoxy) is 1. The summed E-state index contributed by atoms with van der Waals surface area (Å²) in [6.45, 7) is 1.62. The highest BCUT2D eigenvalue weighted by atomic mass is 16.5. The number of hydrogen-bond donors (Lipinski definition) is 1. The maximum atomic E-state index is 14.7. The highest BCUT2D eigenvalue weighted by Crippen LogP contribution is 2.53. The molecule has 0 radical (unpaired) electrons. The van der Waals surface area contributed by atoms with Crippen molar-refractivity contribution in [3.63, 3.8) is 0 Å². The third-order valence-corrected chi connectivity index (χ3v) is 9.56. The molecule has 5 atom stereocenters. The van der Waals surface area contributed by atoms with E-state index in [9.17, 15) is 19.5 Å². The molecular formula is C36H37N3O5. The Hall–Kier alpha value is -4.27. The molecule has 7 rings (SSSR count). The number of carbonyl (C=O) groups is 3. The summed E-state index contributed by atoms with van der Waals surface area (Å²) in [5.41, 5.74) is 0.503. The zero-order chi connectivity index (χ0) is 30.3. The van der Waals surface area contributed by atoms with Crippen LogP contribution in [0.4, 0.5) is 5.69 Å². The SMILES string of the molecule is O=C1[C@@H]2[C@H](C=CCN1Cc1ccccc1)O[C@]13C=CCN(c4ccc5ccccc5c4)C(=O)C1N(CCCCCO)C(=O)[C@H]23. The summed E-state index contributed by atoms with van der Waals surface area (Å²) in [4.78, 5) is 48.6. The quantitative estimate of drug-likeness (QED) is 0.315. The number of aliphatic hydroxyl groups excluding tert-OH is 1. The molecule has 0 aromatic heterocycles. The number of nitrogens with zero attached hydrogens (tertiary/aromatic N) is 3. The summed E-state index contributed by atoms with van der Waals surface area (Å²) < 4.78 is 6.79. The number of likely N-dealkylation sites (tertiary alicyclic amines) is 1. The van der Waals surface area contributed by atoms with Crippen LogP contribution in [0.15, 0.2) is 97.1 Å². The molecular weight excluding hydrogens is 554 g/mol. The van der Waals surface area contributed by atoms with Crippen molar-refractivity contribution in [2.75, 3.05) is 31.1 Å². The molecule has 8 heteroatoms. The van der Waals surface area contributed by atoms with Crippen LogP contribution in [0.5, 0.6) is 0 Å². The van der Waals surface area contributed by atoms with E-state index in [0.717, 1.165) is 28.4 Å². The molecule has 1 N–H and O–H groups in total. The number of carbonyl (C=O) groups excluding carboxylic acids is 3. The van der Waals surface area contributed by atoms with Gasteiger partial charge in [-0.3, -0.25) is 14.4 Å². The summed E-state index contributed by atoms with van der Waals surface area (Å²) in [6.07, 6.45) is 9.04. The van der Waals surface area contributed by atoms with E-state index in [4.69, 9.17) is 4.74 Å². The zero-order valence-electron chi connectivity index (χ0n) is 24.6. The predicted octanol–water partition coefficient (Wildman–Crippen LogP) is 4.08. The lowest BCUT2D eigenvalue weighted by molar-refractivity contribution is -0.144. The molecule has 1 spiro atoms. The second-order valence-corrected chi connectivity index (χ2v) is 12.2. The Balaban J connectivity index is 1.26. The van der Waals surface area contributed by atoms with Crippen molar-refractivity contribution in [3.8, 4) is 0 Å². The Bertz CT molecular complexity index is 1640. The smallest absolute Gasteiger partial charge is 0.253 e. The molecule has 1 unspecified atom stereocenters. The Morgan fingerprint density at radius 1 is 0.818 bits per heavy atom. The number of aliphatic hydroxyl groups is 1. The van der Waals surface area contributed by atoms with E-state index in [0.29, 0.717) is 39.0 Å². The van der Waals surface area contributed by atoms with Gasteiger partial charge in [0.15, 0.2) is 0 Å². The molecule has 3 aromatic rings. The van der Waals surface area contributed by atoms with E-state index in [-0.39, 0.29) is 24.3 Å². The minimum absolute atomic E-state index is 0.0757. The van der Waals surface area contributed by atoms with Crippen LogP contribution in [0.1, 0.15) is 24.8 Å². The molecule has 3 amide bonds. The van der Waals surface area contributed by atoms with E-state index in [1.165, 1.54) is 0 Å². The summed E-state index contributed by atoms with van der Waals surface area (Å²) in [6, 6.07) is 22.9. The second kappa shape index (κ2) is 11.7. The Morgan fingerprint density at radius 2 is 1.61 bits per heavy atom. The molecule has 4 heterocycles. The third-order valence-electron chi connectivity index (χ3n) is 9.56. The molecule has 0 bridgehead atoms. The number of rotatable bonds is 8. The van der Waals surface area contributed by atoms with Crippen molar-refractivity contribution in [1.82, 2.24) is 9.80 Å². The minimum atomic E-state index is -1.26. The number of amides is 3. The van der Waals surface area contributed by atoms with Gasteiger partial charge in [-0.1, -0.05) is 85.0 Å². The van der Waals surface area contributed by atoms with Gasteiger partial charge in [-0.15, -0.1) is 0 Å².